The van der Waals surface area contributed by atoms with Crippen molar-refractivity contribution in [2.45, 2.75) is 53.9 Å². The minimum absolute atomic E-state index is 0.835. The molecule has 7 aromatic carbocycles. The topological polar surface area (TPSA) is 12.4 Å². The van der Waals surface area contributed by atoms with Crippen molar-refractivity contribution in [3.8, 4) is 44.5 Å². The average molecular weight is 1020 g/mol. The SMILES string of the molecule is C=C.C=C.C=C/C=C(C)/C(=C/C=C)/C=C(\C=C(/C=C(\C=C\C)C(/C)=N/C(=C\CC1=CC=CCC1)c1ccccc1)c1c(-c2ccccc2)cc(-c2ccccc2)c(-c2ccccc2)c1-c1ccccc1)c1ccccc1.CC. The summed E-state index contributed by atoms with van der Waals surface area (Å²) in [7, 11) is 0. The molecule has 1 aliphatic carbocycles. The van der Waals surface area contributed by atoms with Crippen LogP contribution in [0.4, 0.5) is 0 Å². The van der Waals surface area contributed by atoms with Crippen LogP contribution < -0.4 is 0 Å². The van der Waals surface area contributed by atoms with Gasteiger partial charge in [0.2, 0.25) is 0 Å². The van der Waals surface area contributed by atoms with Gasteiger partial charge in [-0.1, -0.05) is 275 Å². The number of benzene rings is 7. The molecule has 0 heterocycles. The summed E-state index contributed by atoms with van der Waals surface area (Å²) in [5.74, 6) is 0. The van der Waals surface area contributed by atoms with Crippen LogP contribution in [0.3, 0.4) is 0 Å². The van der Waals surface area contributed by atoms with Crippen molar-refractivity contribution in [3.63, 3.8) is 0 Å². The third kappa shape index (κ3) is 16.4. The molecule has 0 spiro atoms. The Labute approximate surface area is 468 Å². The molecule has 0 saturated heterocycles. The maximum atomic E-state index is 5.56. The summed E-state index contributed by atoms with van der Waals surface area (Å²) in [6.45, 7) is 30.6. The van der Waals surface area contributed by atoms with Gasteiger partial charge in [0, 0.05) is 5.71 Å². The predicted octanol–water partition coefficient (Wildman–Crippen LogP) is 22.4. The van der Waals surface area contributed by atoms with Crippen molar-refractivity contribution < 1.29 is 0 Å². The standard InChI is InChI=1S/C71H63N.C2H6.2C2H4/c1-6-30-53(4)62(31-7-2)49-64(56-35-18-10-19-36-56)51-65(50-63(32-8-3)54(5)72-68(59-41-24-13-25-42-59)48-47-55-33-16-9-17-34-55)70-67(58-39-22-12-23-40-58)52-66(57-37-20-11-21-38-57)69(60-43-26-14-27-44-60)71(70)61-45-28-15-29-46-61;3*1-2/h6-16,18-33,35-46,48-52H,1-2,17,34,47H2,3-5H3;1-2H3;2*1-2H2/b32-8+,53-30+,62-31+,63-50+,64-49+,65-51+,68-48-,72-54+;;;. The third-order valence-corrected chi connectivity index (χ3v) is 12.9. The fraction of sp³-hybridized carbons (Fsp3) is 0.104. The highest BCUT2D eigenvalue weighted by Crippen LogP contribution is 2.49. The molecule has 0 radical (unpaired) electrons. The van der Waals surface area contributed by atoms with Gasteiger partial charge in [0.1, 0.15) is 0 Å². The van der Waals surface area contributed by atoms with Crippen LogP contribution in [0, 0.1) is 0 Å². The van der Waals surface area contributed by atoms with Crippen LogP contribution in [-0.4, -0.2) is 5.71 Å². The van der Waals surface area contributed by atoms with Gasteiger partial charge in [0.25, 0.3) is 0 Å². The lowest BCUT2D eigenvalue weighted by atomic mass is 9.78. The fourth-order valence-corrected chi connectivity index (χ4v) is 9.28. The molecule has 0 atom stereocenters. The third-order valence-electron chi connectivity index (χ3n) is 12.9. The molecular weight excluding hydrogens is 939 g/mol. The number of aliphatic imine (C=N–C) groups is 1. The normalized spacial score (nSPS) is 13.2. The lowest BCUT2D eigenvalue weighted by Crippen LogP contribution is -2.03. The number of rotatable bonds is 18. The zero-order valence-electron chi connectivity index (χ0n) is 46.7. The Morgan fingerprint density at radius 3 is 1.51 bits per heavy atom. The largest absolute Gasteiger partial charge is 0.253 e. The van der Waals surface area contributed by atoms with E-state index in [1.807, 2.05) is 26.0 Å². The summed E-state index contributed by atoms with van der Waals surface area (Å²) < 4.78 is 0. The molecule has 0 aliphatic heterocycles. The first-order valence-electron chi connectivity index (χ1n) is 27.0. The molecule has 1 nitrogen and oxygen atoms in total. The van der Waals surface area contributed by atoms with E-state index in [4.69, 9.17) is 4.99 Å². The molecule has 1 aliphatic rings. The lowest BCUT2D eigenvalue weighted by Gasteiger charge is -2.25. The van der Waals surface area contributed by atoms with Crippen LogP contribution in [0.25, 0.3) is 61.4 Å². The van der Waals surface area contributed by atoms with Crippen LogP contribution in [-0.2, 0) is 0 Å². The van der Waals surface area contributed by atoms with Gasteiger partial charge >= 0.3 is 0 Å². The van der Waals surface area contributed by atoms with E-state index in [-0.39, 0.29) is 0 Å². The zero-order chi connectivity index (χ0) is 55.9. The highest BCUT2D eigenvalue weighted by Gasteiger charge is 2.25. The minimum Gasteiger partial charge on any atom is -0.253 e. The van der Waals surface area contributed by atoms with E-state index in [0.717, 1.165) is 120 Å². The lowest BCUT2D eigenvalue weighted by molar-refractivity contribution is 0.925. The summed E-state index contributed by atoms with van der Waals surface area (Å²) in [5.41, 5.74) is 20.7. The Kier molecular flexibility index (Phi) is 25.3. The Morgan fingerprint density at radius 1 is 0.526 bits per heavy atom. The maximum absolute atomic E-state index is 5.56. The highest BCUT2D eigenvalue weighted by atomic mass is 14.8. The molecule has 0 bridgehead atoms. The molecular formula is C77H77N. The summed E-state index contributed by atoms with van der Waals surface area (Å²) in [6, 6.07) is 67.2. The van der Waals surface area contributed by atoms with Crippen LogP contribution in [0.2, 0.25) is 0 Å². The molecule has 78 heavy (non-hydrogen) atoms. The van der Waals surface area contributed by atoms with E-state index >= 15 is 0 Å². The van der Waals surface area contributed by atoms with Gasteiger partial charge in [-0.25, -0.2) is 0 Å². The van der Waals surface area contributed by atoms with Crippen molar-refractivity contribution in [2.75, 3.05) is 0 Å². The van der Waals surface area contributed by atoms with Crippen molar-refractivity contribution in [1.82, 2.24) is 0 Å². The Hall–Kier alpha value is -9.17. The monoisotopic (exact) mass is 1020 g/mol. The molecule has 1 heteroatoms. The Balaban J connectivity index is 0.00000180. The van der Waals surface area contributed by atoms with E-state index < -0.39 is 0 Å². The molecule has 8 rings (SSSR count). The van der Waals surface area contributed by atoms with Crippen LogP contribution in [0.5, 0.6) is 0 Å². The van der Waals surface area contributed by atoms with Gasteiger partial charge in [-0.2, -0.15) is 0 Å². The number of nitrogens with zero attached hydrogens (tertiary/aromatic N) is 1. The molecule has 7 aromatic rings. The quantitative estimate of drug-likeness (QED) is 0.0461. The molecule has 0 saturated carbocycles. The molecule has 0 aromatic heterocycles. The van der Waals surface area contributed by atoms with E-state index in [1.54, 1.807) is 0 Å². The summed E-state index contributed by atoms with van der Waals surface area (Å²) in [6.07, 6.45) is 31.1. The van der Waals surface area contributed by atoms with E-state index in [0.29, 0.717) is 0 Å². The van der Waals surface area contributed by atoms with Crippen LogP contribution >= 0.6 is 0 Å². The highest BCUT2D eigenvalue weighted by molar-refractivity contribution is 6.11. The summed E-state index contributed by atoms with van der Waals surface area (Å²) in [4.78, 5) is 5.56. The predicted molar refractivity (Wildman–Crippen MR) is 348 cm³/mol. The number of allylic oxidation sites excluding steroid dienone is 19. The van der Waals surface area contributed by atoms with Crippen LogP contribution in [0.15, 0.2) is 334 Å². The number of hydrogen-bond acceptors (Lipinski definition) is 1. The summed E-state index contributed by atoms with van der Waals surface area (Å²) in [5, 5.41) is 0. The van der Waals surface area contributed by atoms with Gasteiger partial charge in [0.15, 0.2) is 0 Å². The second kappa shape index (κ2) is 33.0. The molecule has 0 amide bonds. The van der Waals surface area contributed by atoms with Gasteiger partial charge in [-0.3, -0.25) is 4.99 Å². The smallest absolute Gasteiger partial charge is 0.0668 e. The van der Waals surface area contributed by atoms with E-state index in [1.165, 1.54) is 5.57 Å². The second-order valence-corrected chi connectivity index (χ2v) is 17.8. The van der Waals surface area contributed by atoms with Gasteiger partial charge in [0.05, 0.1) is 5.70 Å². The average Bonchev–Trinajstić information content (AvgIpc) is 3.59. The van der Waals surface area contributed by atoms with Crippen molar-refractivity contribution in [1.29, 1.82) is 0 Å². The van der Waals surface area contributed by atoms with Gasteiger partial charge in [-0.05, 0) is 153 Å². The Morgan fingerprint density at radius 2 is 1.01 bits per heavy atom. The molecule has 0 N–H and O–H groups in total. The van der Waals surface area contributed by atoms with Gasteiger partial charge < -0.3 is 0 Å². The zero-order valence-corrected chi connectivity index (χ0v) is 46.7. The first-order valence-corrected chi connectivity index (χ1v) is 27.0. The van der Waals surface area contributed by atoms with Gasteiger partial charge in [-0.15, -0.1) is 26.3 Å². The van der Waals surface area contributed by atoms with Crippen LogP contribution in [0.1, 0.15) is 70.6 Å². The maximum Gasteiger partial charge on any atom is 0.0668 e. The minimum atomic E-state index is 0.835. The van der Waals surface area contributed by atoms with E-state index in [2.05, 4.69) is 315 Å². The molecule has 390 valence electrons. The van der Waals surface area contributed by atoms with Crippen molar-refractivity contribution in [3.05, 3.63) is 346 Å². The first kappa shape index (κ1) is 59.7. The van der Waals surface area contributed by atoms with E-state index in [9.17, 15) is 0 Å². The molecule has 0 fully saturated rings. The fourth-order valence-electron chi connectivity index (χ4n) is 9.28. The second-order valence-electron chi connectivity index (χ2n) is 17.8. The summed E-state index contributed by atoms with van der Waals surface area (Å²) >= 11 is 0. The van der Waals surface area contributed by atoms with Crippen molar-refractivity contribution >= 4 is 22.6 Å². The Bertz CT molecular complexity index is 3330. The first-order chi connectivity index (χ1) is 38.4. The van der Waals surface area contributed by atoms with Crippen molar-refractivity contribution in [2.24, 2.45) is 4.99 Å². The number of hydrogen-bond donors (Lipinski definition) is 0. The molecule has 0 unspecified atom stereocenters.